The van der Waals surface area contributed by atoms with Crippen LogP contribution in [-0.2, 0) is 26.6 Å². The third kappa shape index (κ3) is 4.48. The molecule has 3 aromatic carbocycles. The zero-order valence-corrected chi connectivity index (χ0v) is 18.1. The van der Waals surface area contributed by atoms with Gasteiger partial charge in [0.2, 0.25) is 0 Å². The minimum absolute atomic E-state index is 0.155. The van der Waals surface area contributed by atoms with Crippen LogP contribution in [0.5, 0.6) is 0 Å². The number of sulfonamides is 1. The molecule has 5 nitrogen and oxygen atoms in total. The fourth-order valence-corrected chi connectivity index (χ4v) is 5.57. The van der Waals surface area contributed by atoms with Crippen molar-refractivity contribution in [2.45, 2.75) is 15.5 Å². The molecule has 1 unspecified atom stereocenters. The van der Waals surface area contributed by atoms with E-state index in [1.165, 1.54) is 12.3 Å². The summed E-state index contributed by atoms with van der Waals surface area (Å²) >= 11 is 5.50. The maximum Gasteiger partial charge on any atom is 0.264 e. The van der Waals surface area contributed by atoms with Gasteiger partial charge in [0.1, 0.15) is 16.5 Å². The largest absolute Gasteiger partial charge is 0.360 e. The second-order valence-corrected chi connectivity index (χ2v) is 10.2. The van der Waals surface area contributed by atoms with Crippen molar-refractivity contribution in [3.8, 4) is 0 Å². The van der Waals surface area contributed by atoms with E-state index in [2.05, 4.69) is 4.98 Å². The molecule has 4 aromatic rings. The third-order valence-corrected chi connectivity index (χ3v) is 7.63. The molecule has 0 bridgehead atoms. The predicted molar refractivity (Wildman–Crippen MR) is 117 cm³/mol. The molecule has 1 aromatic heterocycles. The number of H-pyrrole nitrogens is 1. The van der Waals surface area contributed by atoms with Crippen LogP contribution in [0.15, 0.2) is 76.7 Å². The third-order valence-electron chi connectivity index (χ3n) is 4.56. The first-order valence-corrected chi connectivity index (χ1v) is 12.1. The highest BCUT2D eigenvalue weighted by Gasteiger charge is 2.22. The number of aromatic nitrogens is 1. The summed E-state index contributed by atoms with van der Waals surface area (Å²) in [5.41, 5.74) is 0.802. The monoisotopic (exact) mass is 480 g/mol. The quantitative estimate of drug-likeness (QED) is 0.372. The highest BCUT2D eigenvalue weighted by molar-refractivity contribution is 7.93. The lowest BCUT2D eigenvalue weighted by molar-refractivity contribution is 0.595. The van der Waals surface area contributed by atoms with Crippen molar-refractivity contribution in [1.29, 1.82) is 0 Å². The molecule has 0 fully saturated rings. The molecule has 0 amide bonds. The summed E-state index contributed by atoms with van der Waals surface area (Å²) in [6.45, 7) is 0. The summed E-state index contributed by atoms with van der Waals surface area (Å²) in [6.07, 6.45) is 1.24. The number of rotatable bonds is 6. The van der Waals surface area contributed by atoms with Gasteiger partial charge in [0.05, 0.1) is 27.3 Å². The molecule has 2 N–H and O–H groups in total. The molecule has 10 heteroatoms. The molecular formula is C21H15ClF2N2O3S2. The van der Waals surface area contributed by atoms with Gasteiger partial charge in [-0.15, -0.1) is 0 Å². The maximum absolute atomic E-state index is 14.0. The first-order valence-electron chi connectivity index (χ1n) is 8.95. The molecule has 0 saturated carbocycles. The zero-order valence-electron chi connectivity index (χ0n) is 15.7. The van der Waals surface area contributed by atoms with Crippen molar-refractivity contribution in [1.82, 2.24) is 4.98 Å². The van der Waals surface area contributed by atoms with Crippen molar-refractivity contribution < 1.29 is 21.4 Å². The highest BCUT2D eigenvalue weighted by Crippen LogP contribution is 2.29. The molecule has 0 radical (unpaired) electrons. The van der Waals surface area contributed by atoms with Crippen LogP contribution in [0.1, 0.15) is 5.56 Å². The Morgan fingerprint density at radius 3 is 2.48 bits per heavy atom. The van der Waals surface area contributed by atoms with Crippen LogP contribution in [0.3, 0.4) is 0 Å². The molecule has 4 rings (SSSR count). The van der Waals surface area contributed by atoms with Crippen molar-refractivity contribution in [2.75, 3.05) is 4.72 Å². The average Bonchev–Trinajstić information content (AvgIpc) is 3.17. The van der Waals surface area contributed by atoms with E-state index in [4.69, 9.17) is 11.6 Å². The van der Waals surface area contributed by atoms with E-state index in [1.807, 2.05) is 35.1 Å². The fraction of sp³-hybridized carbons (Fsp3) is 0.0476. The number of fused-ring (bicyclic) bond motifs is 1. The van der Waals surface area contributed by atoms with Crippen LogP contribution in [-0.4, -0.2) is 17.6 Å². The second-order valence-electron chi connectivity index (χ2n) is 6.69. The normalized spacial score (nSPS) is 12.7. The summed E-state index contributed by atoms with van der Waals surface area (Å²) in [4.78, 5) is 3.21. The lowest BCUT2D eigenvalue weighted by Gasteiger charge is -2.09. The van der Waals surface area contributed by atoms with Crippen LogP contribution in [0.2, 0.25) is 5.02 Å². The van der Waals surface area contributed by atoms with Gasteiger partial charge < -0.3 is 4.98 Å². The number of halogens is 3. The van der Waals surface area contributed by atoms with E-state index in [1.54, 1.807) is 12.1 Å². The lowest BCUT2D eigenvalue weighted by atomic mass is 10.2. The SMILES string of the molecule is O=S(Cc1ccccc1)c1ccc2c(S(=O)(=O)Nc3cc(F)c(Cl)cc3F)c[nH]c2c1. The Balaban J connectivity index is 1.63. The van der Waals surface area contributed by atoms with Crippen LogP contribution in [0, 0.1) is 11.6 Å². The molecule has 0 aliphatic carbocycles. The second kappa shape index (κ2) is 8.41. The minimum atomic E-state index is -4.24. The van der Waals surface area contributed by atoms with Gasteiger partial charge in [0, 0.05) is 28.1 Å². The molecule has 1 heterocycles. The Hall–Kier alpha value is -2.75. The van der Waals surface area contributed by atoms with Gasteiger partial charge in [0.15, 0.2) is 0 Å². The van der Waals surface area contributed by atoms with Crippen molar-refractivity contribution in [3.63, 3.8) is 0 Å². The number of anilines is 1. The van der Waals surface area contributed by atoms with Gasteiger partial charge in [-0.05, 0) is 23.8 Å². The van der Waals surface area contributed by atoms with Gasteiger partial charge >= 0.3 is 0 Å². The number of hydrogen-bond acceptors (Lipinski definition) is 3. The average molecular weight is 481 g/mol. The van der Waals surface area contributed by atoms with Gasteiger partial charge in [-0.1, -0.05) is 48.0 Å². The van der Waals surface area contributed by atoms with E-state index in [0.29, 0.717) is 33.7 Å². The fourth-order valence-electron chi connectivity index (χ4n) is 3.05. The van der Waals surface area contributed by atoms with Crippen molar-refractivity contribution in [3.05, 3.63) is 89.1 Å². The molecule has 0 saturated heterocycles. The molecule has 31 heavy (non-hydrogen) atoms. The molecule has 0 aliphatic rings. The van der Waals surface area contributed by atoms with E-state index in [0.717, 1.165) is 5.56 Å². The van der Waals surface area contributed by atoms with Crippen LogP contribution < -0.4 is 4.72 Å². The summed E-state index contributed by atoms with van der Waals surface area (Å²) in [5.74, 6) is -1.64. The Bertz CT molecular complexity index is 1410. The Labute approximate surface area is 184 Å². The van der Waals surface area contributed by atoms with Gasteiger partial charge in [-0.3, -0.25) is 8.93 Å². The maximum atomic E-state index is 14.0. The Kier molecular flexibility index (Phi) is 5.83. The number of hydrogen-bond donors (Lipinski definition) is 2. The highest BCUT2D eigenvalue weighted by atomic mass is 35.5. The number of nitrogens with one attached hydrogen (secondary N) is 2. The van der Waals surface area contributed by atoms with Gasteiger partial charge in [-0.25, -0.2) is 17.2 Å². The molecule has 0 spiro atoms. The first kappa shape index (κ1) is 21.5. The van der Waals surface area contributed by atoms with Crippen molar-refractivity contribution in [2.24, 2.45) is 0 Å². The van der Waals surface area contributed by atoms with Crippen LogP contribution >= 0.6 is 11.6 Å². The molecule has 160 valence electrons. The lowest BCUT2D eigenvalue weighted by Crippen LogP contribution is -2.14. The van der Waals surface area contributed by atoms with Crippen molar-refractivity contribution >= 4 is 49.0 Å². The zero-order chi connectivity index (χ0) is 22.2. The summed E-state index contributed by atoms with van der Waals surface area (Å²) in [6, 6.07) is 15.4. The number of benzene rings is 3. The smallest absolute Gasteiger partial charge is 0.264 e. The Morgan fingerprint density at radius 1 is 1.00 bits per heavy atom. The van der Waals surface area contributed by atoms with E-state index in [9.17, 15) is 21.4 Å². The molecule has 0 aliphatic heterocycles. The summed E-state index contributed by atoms with van der Waals surface area (Å²) < 4.78 is 67.9. The van der Waals surface area contributed by atoms with Gasteiger partial charge in [-0.2, -0.15) is 0 Å². The van der Waals surface area contributed by atoms with E-state index in [-0.39, 0.29) is 4.90 Å². The number of aromatic amines is 1. The van der Waals surface area contributed by atoms with Gasteiger partial charge in [0.25, 0.3) is 10.0 Å². The van der Waals surface area contributed by atoms with Crippen LogP contribution in [0.25, 0.3) is 10.9 Å². The first-order chi connectivity index (χ1) is 14.7. The minimum Gasteiger partial charge on any atom is -0.360 e. The van der Waals surface area contributed by atoms with E-state index >= 15 is 0 Å². The Morgan fingerprint density at radius 2 is 1.74 bits per heavy atom. The standard InChI is InChI=1S/C21H15ClF2N2O3S2/c22-16-9-18(24)20(10-17(16)23)26-31(28,29)21-11-25-19-8-14(6-7-15(19)21)30(27)12-13-4-2-1-3-5-13/h1-11,25-26H,12H2. The predicted octanol–water partition coefficient (Wildman–Crippen LogP) is 5.21. The van der Waals surface area contributed by atoms with Crippen LogP contribution in [0.4, 0.5) is 14.5 Å². The van der Waals surface area contributed by atoms with E-state index < -0.39 is 43.2 Å². The molecular weight excluding hydrogens is 466 g/mol. The topological polar surface area (TPSA) is 79.0 Å². The summed E-state index contributed by atoms with van der Waals surface area (Å²) in [5, 5.41) is -0.133. The molecule has 1 atom stereocenters. The summed E-state index contributed by atoms with van der Waals surface area (Å²) in [7, 11) is -5.57.